The maximum Gasteiger partial charge on any atom is 0.243 e. The summed E-state index contributed by atoms with van der Waals surface area (Å²) in [7, 11) is 0. The van der Waals surface area contributed by atoms with E-state index in [1.807, 2.05) is 0 Å². The van der Waals surface area contributed by atoms with E-state index in [-0.39, 0.29) is 6.42 Å². The van der Waals surface area contributed by atoms with Crippen molar-refractivity contribution in [1.82, 2.24) is 0 Å². The first-order valence-electron chi connectivity index (χ1n) is 4.86. The summed E-state index contributed by atoms with van der Waals surface area (Å²) in [4.78, 5) is 10.4. The second-order valence-electron chi connectivity index (χ2n) is 3.29. The highest BCUT2D eigenvalue weighted by molar-refractivity contribution is 5.85. The number of alkyl halides is 1. The number of hydrogen-bond acceptors (Lipinski definition) is 2. The van der Waals surface area contributed by atoms with Gasteiger partial charge in [-0.3, -0.25) is 4.79 Å². The van der Waals surface area contributed by atoms with E-state index in [1.165, 1.54) is 16.5 Å². The molecular formula is C12H12FNO. The predicted molar refractivity (Wildman–Crippen MR) is 54.5 cm³/mol. The van der Waals surface area contributed by atoms with Gasteiger partial charge in [-0.2, -0.15) is 5.26 Å². The van der Waals surface area contributed by atoms with Gasteiger partial charge in [-0.05, 0) is 16.9 Å². The molecule has 2 aliphatic rings. The van der Waals surface area contributed by atoms with Crippen molar-refractivity contribution in [2.75, 3.05) is 0 Å². The molecule has 3 heteroatoms. The van der Waals surface area contributed by atoms with Crippen molar-refractivity contribution >= 4 is 5.78 Å². The Hall–Kier alpha value is -1.69. The van der Waals surface area contributed by atoms with Crippen LogP contribution < -0.4 is 0 Å². The van der Waals surface area contributed by atoms with E-state index in [1.54, 1.807) is 6.92 Å². The standard InChI is InChI=1S/C6H8FNO.C6H4/c1-2-3-6(9)5(7)4-8;1-2-6-4-3-5(1)6/h5H,2-3H2,1H3;1-4H. The van der Waals surface area contributed by atoms with E-state index in [2.05, 4.69) is 24.3 Å². The summed E-state index contributed by atoms with van der Waals surface area (Å²) in [6, 6.07) is 9.71. The molecule has 1 unspecified atom stereocenters. The van der Waals surface area contributed by atoms with Crippen molar-refractivity contribution in [3.8, 4) is 6.07 Å². The summed E-state index contributed by atoms with van der Waals surface area (Å²) in [6.07, 6.45) is -1.15. The molecule has 2 rings (SSSR count). The van der Waals surface area contributed by atoms with Crippen molar-refractivity contribution in [3.05, 3.63) is 34.7 Å². The van der Waals surface area contributed by atoms with E-state index in [0.29, 0.717) is 6.42 Å². The molecule has 78 valence electrons. The number of rotatable bonds is 3. The molecule has 2 aliphatic carbocycles. The van der Waals surface area contributed by atoms with Crippen molar-refractivity contribution in [2.24, 2.45) is 0 Å². The van der Waals surface area contributed by atoms with Crippen LogP contribution in [0.5, 0.6) is 0 Å². The zero-order chi connectivity index (χ0) is 11.3. The van der Waals surface area contributed by atoms with Crippen LogP contribution in [0.2, 0.25) is 0 Å². The molecule has 15 heavy (non-hydrogen) atoms. The molecule has 0 aromatic carbocycles. The monoisotopic (exact) mass is 205 g/mol. The third kappa shape index (κ3) is 2.88. The lowest BCUT2D eigenvalue weighted by atomic mass is 10.1. The average Bonchev–Trinajstić information content (AvgIpc) is 2.23. The number of nitriles is 1. The largest absolute Gasteiger partial charge is 0.295 e. The quantitative estimate of drug-likeness (QED) is 0.772. The van der Waals surface area contributed by atoms with Crippen molar-refractivity contribution in [1.29, 1.82) is 5.26 Å². The predicted octanol–water partition coefficient (Wildman–Crippen LogP) is 2.50. The summed E-state index contributed by atoms with van der Waals surface area (Å²) in [5.41, 5.74) is 0. The van der Waals surface area contributed by atoms with Crippen LogP contribution in [0.15, 0.2) is 24.3 Å². The number of halogens is 1. The van der Waals surface area contributed by atoms with Gasteiger partial charge in [0.05, 0.1) is 0 Å². The maximum absolute atomic E-state index is 12.0. The molecule has 0 N–H and O–H groups in total. The third-order valence-corrected chi connectivity index (χ3v) is 2.11. The summed E-state index contributed by atoms with van der Waals surface area (Å²) >= 11 is 0. The number of carbonyl (C=O) groups excluding carboxylic acids is 1. The van der Waals surface area contributed by atoms with Gasteiger partial charge >= 0.3 is 0 Å². The van der Waals surface area contributed by atoms with Crippen molar-refractivity contribution < 1.29 is 9.18 Å². The maximum atomic E-state index is 12.0. The van der Waals surface area contributed by atoms with Gasteiger partial charge in [0.15, 0.2) is 5.78 Å². The Bertz CT molecular complexity index is 425. The summed E-state index contributed by atoms with van der Waals surface area (Å²) in [6.45, 7) is 1.77. The van der Waals surface area contributed by atoms with Crippen LogP contribution in [0.1, 0.15) is 19.8 Å². The number of nitrogens with zero attached hydrogens (tertiary/aromatic N) is 1. The second kappa shape index (κ2) is 5.26. The van der Waals surface area contributed by atoms with E-state index in [4.69, 9.17) is 5.26 Å². The van der Waals surface area contributed by atoms with Gasteiger partial charge in [-0.1, -0.05) is 31.2 Å². The van der Waals surface area contributed by atoms with Crippen LogP contribution >= 0.6 is 0 Å². The molecule has 0 radical (unpaired) electrons. The van der Waals surface area contributed by atoms with Crippen LogP contribution in [0.4, 0.5) is 4.39 Å². The fourth-order valence-corrected chi connectivity index (χ4v) is 1.11. The molecule has 0 saturated carbocycles. The Balaban J connectivity index is 0.000000158. The first kappa shape index (κ1) is 11.4. The highest BCUT2D eigenvalue weighted by Gasteiger charge is 2.13. The lowest BCUT2D eigenvalue weighted by Gasteiger charge is -1.95. The summed E-state index contributed by atoms with van der Waals surface area (Å²) in [5, 5.41) is 10.7. The molecule has 0 spiro atoms. The molecule has 0 saturated heterocycles. The van der Waals surface area contributed by atoms with Crippen LogP contribution in [0.3, 0.4) is 0 Å². The molecule has 0 aromatic heterocycles. The van der Waals surface area contributed by atoms with Gasteiger partial charge in [0.2, 0.25) is 6.17 Å². The van der Waals surface area contributed by atoms with Gasteiger partial charge in [0.25, 0.3) is 0 Å². The van der Waals surface area contributed by atoms with Gasteiger partial charge in [0.1, 0.15) is 6.07 Å². The lowest BCUT2D eigenvalue weighted by Crippen LogP contribution is -2.11. The minimum Gasteiger partial charge on any atom is -0.295 e. The Morgan fingerprint density at radius 1 is 1.40 bits per heavy atom. The number of hydrogen-bond donors (Lipinski definition) is 0. The molecule has 0 amide bonds. The van der Waals surface area contributed by atoms with Gasteiger partial charge in [-0.25, -0.2) is 4.39 Å². The zero-order valence-corrected chi connectivity index (χ0v) is 8.53. The summed E-state index contributed by atoms with van der Waals surface area (Å²) in [5.74, 6) is -0.611. The molecule has 0 heterocycles. The smallest absolute Gasteiger partial charge is 0.243 e. The first-order chi connectivity index (χ1) is 7.19. The van der Waals surface area contributed by atoms with Crippen molar-refractivity contribution in [3.63, 3.8) is 0 Å². The van der Waals surface area contributed by atoms with E-state index in [9.17, 15) is 9.18 Å². The van der Waals surface area contributed by atoms with E-state index in [0.717, 1.165) is 0 Å². The molecule has 0 fully saturated rings. The summed E-state index contributed by atoms with van der Waals surface area (Å²) < 4.78 is 12.0. The van der Waals surface area contributed by atoms with Gasteiger partial charge < -0.3 is 0 Å². The topological polar surface area (TPSA) is 40.9 Å². The van der Waals surface area contributed by atoms with Crippen LogP contribution in [-0.4, -0.2) is 12.0 Å². The molecule has 2 nitrogen and oxygen atoms in total. The fourth-order valence-electron chi connectivity index (χ4n) is 1.11. The molecule has 1 atom stereocenters. The fraction of sp³-hybridized carbons (Fsp3) is 0.333. The van der Waals surface area contributed by atoms with E-state index < -0.39 is 12.0 Å². The Labute approximate surface area is 87.7 Å². The Morgan fingerprint density at radius 2 is 1.87 bits per heavy atom. The zero-order valence-electron chi connectivity index (χ0n) is 8.53. The molecule has 0 aromatic rings. The molecule has 0 bridgehead atoms. The van der Waals surface area contributed by atoms with Crippen LogP contribution in [0, 0.1) is 21.8 Å². The Kier molecular flexibility index (Phi) is 3.99. The van der Waals surface area contributed by atoms with Crippen molar-refractivity contribution in [2.45, 2.75) is 25.9 Å². The first-order valence-corrected chi connectivity index (χ1v) is 4.86. The van der Waals surface area contributed by atoms with Crippen LogP contribution in [0.25, 0.3) is 0 Å². The molecular weight excluding hydrogens is 193 g/mol. The number of Topliss-reactive ketones (excluding diaryl/α,β-unsaturated/α-hetero) is 1. The highest BCUT2D eigenvalue weighted by Crippen LogP contribution is 2.04. The number of ketones is 1. The normalized spacial score (nSPS) is 11.8. The number of benzene rings is 1. The highest BCUT2D eigenvalue weighted by atomic mass is 19.1. The average molecular weight is 205 g/mol. The second-order valence-corrected chi connectivity index (χ2v) is 3.29. The third-order valence-electron chi connectivity index (χ3n) is 2.11. The minimum absolute atomic E-state index is 0.161. The SMILES string of the molecule is CCCC(=O)C(F)C#N.c1cc2ccc1=2. The minimum atomic E-state index is -1.91. The van der Waals surface area contributed by atoms with E-state index >= 15 is 0 Å². The van der Waals surface area contributed by atoms with Gasteiger partial charge in [-0.15, -0.1) is 0 Å². The molecule has 0 aliphatic heterocycles. The number of carbonyl (C=O) groups is 1. The lowest BCUT2D eigenvalue weighted by molar-refractivity contribution is -0.122. The Morgan fingerprint density at radius 3 is 2.07 bits per heavy atom. The van der Waals surface area contributed by atoms with Gasteiger partial charge in [0, 0.05) is 6.42 Å². The van der Waals surface area contributed by atoms with Crippen LogP contribution in [-0.2, 0) is 4.79 Å².